The van der Waals surface area contributed by atoms with Crippen LogP contribution in [0.3, 0.4) is 0 Å². The highest BCUT2D eigenvalue weighted by Crippen LogP contribution is 2.33. The second-order valence-electron chi connectivity index (χ2n) is 8.33. The number of carbonyl (C=O) groups is 1. The van der Waals surface area contributed by atoms with Crippen LogP contribution >= 0.6 is 10.0 Å². The molecule has 0 atom stereocenters. The van der Waals surface area contributed by atoms with Gasteiger partial charge in [-0.25, -0.2) is 10.0 Å². The summed E-state index contributed by atoms with van der Waals surface area (Å²) in [6.45, 7) is 5.26. The highest BCUT2D eigenvalue weighted by molar-refractivity contribution is 8.32. The summed E-state index contributed by atoms with van der Waals surface area (Å²) < 4.78 is 13.3. The largest absolute Gasteiger partial charge is 0.379 e. The Balaban J connectivity index is 1.83. The maximum atomic E-state index is 12.5. The Morgan fingerprint density at radius 3 is 2.69 bits per heavy atom. The molecule has 0 bridgehead atoms. The fraction of sp³-hybridized carbons (Fsp3) is 0.545. The van der Waals surface area contributed by atoms with Gasteiger partial charge in [-0.15, -0.1) is 0 Å². The molecule has 29 heavy (non-hydrogen) atoms. The van der Waals surface area contributed by atoms with Crippen molar-refractivity contribution in [3.63, 3.8) is 0 Å². The molecule has 1 aromatic heterocycles. The van der Waals surface area contributed by atoms with Crippen LogP contribution in [0, 0.1) is 11.3 Å². The van der Waals surface area contributed by atoms with Crippen molar-refractivity contribution in [1.82, 2.24) is 9.47 Å². The lowest BCUT2D eigenvalue weighted by Crippen LogP contribution is -2.35. The zero-order valence-corrected chi connectivity index (χ0v) is 18.5. The van der Waals surface area contributed by atoms with Crippen LogP contribution in [-0.2, 0) is 22.7 Å². The zero-order valence-electron chi connectivity index (χ0n) is 17.6. The maximum absolute atomic E-state index is 12.5. The molecule has 1 aliphatic rings. The molecule has 1 aromatic carbocycles. The lowest BCUT2D eigenvalue weighted by Gasteiger charge is -2.26. The van der Waals surface area contributed by atoms with Gasteiger partial charge in [0.05, 0.1) is 37.1 Å². The minimum Gasteiger partial charge on any atom is -0.379 e. The van der Waals surface area contributed by atoms with E-state index in [2.05, 4.69) is 41.9 Å². The third-order valence-corrected chi connectivity index (χ3v) is 6.46. The molecule has 2 heterocycles. The number of ether oxygens (including phenoxy) is 2. The van der Waals surface area contributed by atoms with E-state index in [1.54, 1.807) is 0 Å². The minimum absolute atomic E-state index is 0.122. The summed E-state index contributed by atoms with van der Waals surface area (Å²) in [7, 11) is -0.626. The molecule has 0 amide bonds. The Morgan fingerprint density at radius 1 is 1.24 bits per heavy atom. The summed E-state index contributed by atoms with van der Waals surface area (Å²) in [6, 6.07) is 10.2. The average molecular weight is 418 g/mol. The van der Waals surface area contributed by atoms with Crippen molar-refractivity contribution in [2.75, 3.05) is 57.4 Å². The van der Waals surface area contributed by atoms with Gasteiger partial charge in [-0.3, -0.25) is 9.69 Å². The Bertz CT molecular complexity index is 889. The number of Topliss-reactive ketones (excluding diaryl/α,β-unsaturated/α-hetero) is 1. The van der Waals surface area contributed by atoms with Gasteiger partial charge in [0, 0.05) is 30.8 Å². The summed E-state index contributed by atoms with van der Waals surface area (Å²) in [5, 5.41) is 9.97. The molecule has 1 fully saturated rings. The molecular weight excluding hydrogens is 386 g/mol. The Labute approximate surface area is 174 Å². The minimum atomic E-state index is -0.626. The van der Waals surface area contributed by atoms with Crippen LogP contribution in [-0.4, -0.2) is 72.7 Å². The van der Waals surface area contributed by atoms with Gasteiger partial charge in [-0.05, 0) is 36.5 Å². The van der Waals surface area contributed by atoms with Gasteiger partial charge < -0.3 is 14.0 Å². The van der Waals surface area contributed by atoms with Crippen LogP contribution in [0.25, 0.3) is 10.9 Å². The molecule has 0 spiro atoms. The Hall–Kier alpha value is -1.85. The first kappa shape index (κ1) is 21.8. The van der Waals surface area contributed by atoms with Gasteiger partial charge in [0.2, 0.25) is 0 Å². The molecule has 6 nitrogen and oxygen atoms in total. The molecule has 2 aromatic rings. The molecule has 158 valence electrons. The van der Waals surface area contributed by atoms with E-state index in [0.29, 0.717) is 19.0 Å². The van der Waals surface area contributed by atoms with Gasteiger partial charge in [0.15, 0.2) is 5.78 Å². The predicted molar refractivity (Wildman–Crippen MR) is 119 cm³/mol. The first-order chi connectivity index (χ1) is 13.9. The molecule has 0 radical (unpaired) electrons. The third-order valence-electron chi connectivity index (χ3n) is 5.06. The number of nitriles is 1. The topological polar surface area (TPSA) is 67.5 Å². The van der Waals surface area contributed by atoms with Crippen molar-refractivity contribution in [1.29, 1.82) is 5.26 Å². The lowest BCUT2D eigenvalue weighted by molar-refractivity contribution is 0.0342. The summed E-state index contributed by atoms with van der Waals surface area (Å²) in [5.41, 5.74) is 2.74. The highest BCUT2D eigenvalue weighted by atomic mass is 32.3. The van der Waals surface area contributed by atoms with Gasteiger partial charge in [0.25, 0.3) is 0 Å². The van der Waals surface area contributed by atoms with Gasteiger partial charge >= 0.3 is 0 Å². The number of hydrogen-bond donors (Lipinski definition) is 0. The number of aromatic nitrogens is 1. The molecule has 0 saturated carbocycles. The van der Waals surface area contributed by atoms with Gasteiger partial charge in [-0.2, -0.15) is 5.26 Å². The van der Waals surface area contributed by atoms with Crippen LogP contribution in [0.4, 0.5) is 0 Å². The maximum Gasteiger partial charge on any atom is 0.193 e. The molecule has 7 heteroatoms. The number of hydrogen-bond acceptors (Lipinski definition) is 5. The van der Waals surface area contributed by atoms with E-state index in [4.69, 9.17) is 14.7 Å². The SMILES string of the molecule is CS(C)(C)CCOCn1c(C(=O)CC#N)cc2ccc(CN3CCOCC3)cc21. The van der Waals surface area contributed by atoms with Crippen molar-refractivity contribution < 1.29 is 14.3 Å². The Morgan fingerprint density at radius 2 is 2.00 bits per heavy atom. The number of benzene rings is 1. The van der Waals surface area contributed by atoms with E-state index in [-0.39, 0.29) is 12.2 Å². The summed E-state index contributed by atoms with van der Waals surface area (Å²) in [5.74, 6) is 0.860. The van der Waals surface area contributed by atoms with E-state index in [9.17, 15) is 4.79 Å². The summed E-state index contributed by atoms with van der Waals surface area (Å²) in [4.78, 5) is 14.9. The van der Waals surface area contributed by atoms with Crippen molar-refractivity contribution in [3.05, 3.63) is 35.5 Å². The van der Waals surface area contributed by atoms with Crippen LogP contribution in [0.1, 0.15) is 22.5 Å². The second kappa shape index (κ2) is 9.77. The summed E-state index contributed by atoms with van der Waals surface area (Å²) >= 11 is 0. The quantitative estimate of drug-likeness (QED) is 0.463. The van der Waals surface area contributed by atoms with E-state index in [1.165, 1.54) is 5.56 Å². The van der Waals surface area contributed by atoms with Crippen molar-refractivity contribution in [3.8, 4) is 6.07 Å². The number of fused-ring (bicyclic) bond motifs is 1. The predicted octanol–water partition coefficient (Wildman–Crippen LogP) is 3.24. The molecular formula is C22H31N3O3S. The van der Waals surface area contributed by atoms with Crippen LogP contribution in [0.15, 0.2) is 24.3 Å². The van der Waals surface area contributed by atoms with Crippen LogP contribution in [0.2, 0.25) is 0 Å². The molecule has 3 rings (SSSR count). The smallest absolute Gasteiger partial charge is 0.193 e. The van der Waals surface area contributed by atoms with Crippen molar-refractivity contribution in [2.45, 2.75) is 19.7 Å². The molecule has 0 N–H and O–H groups in total. The first-order valence-corrected chi connectivity index (χ1v) is 13.0. The number of ketones is 1. The average Bonchev–Trinajstić information content (AvgIpc) is 3.03. The molecule has 1 aliphatic heterocycles. The second-order valence-corrected chi connectivity index (χ2v) is 12.9. The van der Waals surface area contributed by atoms with E-state index in [0.717, 1.165) is 49.5 Å². The fourth-order valence-corrected chi connectivity index (χ4v) is 4.03. The lowest BCUT2D eigenvalue weighted by atomic mass is 10.1. The van der Waals surface area contributed by atoms with E-state index in [1.807, 2.05) is 16.7 Å². The molecule has 0 unspecified atom stereocenters. The van der Waals surface area contributed by atoms with Crippen LogP contribution in [0.5, 0.6) is 0 Å². The molecule has 0 aliphatic carbocycles. The Kier molecular flexibility index (Phi) is 7.36. The number of carbonyl (C=O) groups excluding carboxylic acids is 1. The number of rotatable bonds is 9. The van der Waals surface area contributed by atoms with Crippen molar-refractivity contribution >= 4 is 26.7 Å². The van der Waals surface area contributed by atoms with Gasteiger partial charge in [0.1, 0.15) is 13.2 Å². The van der Waals surface area contributed by atoms with E-state index < -0.39 is 10.0 Å². The monoisotopic (exact) mass is 417 g/mol. The third kappa shape index (κ3) is 6.06. The van der Waals surface area contributed by atoms with Crippen LogP contribution < -0.4 is 0 Å². The number of nitrogens with zero attached hydrogens (tertiary/aromatic N) is 3. The molecule has 1 saturated heterocycles. The first-order valence-electron chi connectivity index (χ1n) is 9.93. The number of morpholine rings is 1. The standard InChI is InChI=1S/C22H31N3O3S/c1-29(2,3)13-12-28-17-25-20-14-18(16-24-8-10-27-11-9-24)4-5-19(20)15-21(25)22(26)6-7-23/h4-5,14-15H,6,8-13,16-17H2,1-3H3. The van der Waals surface area contributed by atoms with E-state index >= 15 is 0 Å². The normalized spacial score (nSPS) is 16.1. The van der Waals surface area contributed by atoms with Gasteiger partial charge in [-0.1, -0.05) is 12.1 Å². The highest BCUT2D eigenvalue weighted by Gasteiger charge is 2.17. The van der Waals surface area contributed by atoms with Crippen molar-refractivity contribution in [2.24, 2.45) is 0 Å². The fourth-order valence-electron chi connectivity index (χ4n) is 3.41. The summed E-state index contributed by atoms with van der Waals surface area (Å²) in [6.07, 6.45) is 6.67. The zero-order chi connectivity index (χ0) is 20.9.